The first-order chi connectivity index (χ1) is 14.5. The van der Waals surface area contributed by atoms with E-state index in [2.05, 4.69) is 10.2 Å². The van der Waals surface area contributed by atoms with Gasteiger partial charge in [-0.1, -0.05) is 23.7 Å². The van der Waals surface area contributed by atoms with E-state index in [1.54, 1.807) is 46.9 Å². The van der Waals surface area contributed by atoms with Crippen molar-refractivity contribution in [3.05, 3.63) is 77.7 Å². The molecule has 0 atom stereocenters. The summed E-state index contributed by atoms with van der Waals surface area (Å²) in [5.41, 5.74) is 1.75. The summed E-state index contributed by atoms with van der Waals surface area (Å²) in [5, 5.41) is 8.25. The number of pyridine rings is 1. The van der Waals surface area contributed by atoms with E-state index in [-0.39, 0.29) is 18.2 Å². The van der Waals surface area contributed by atoms with Gasteiger partial charge in [0.15, 0.2) is 17.1 Å². The summed E-state index contributed by atoms with van der Waals surface area (Å²) in [6.07, 6.45) is 2.94. The quantitative estimate of drug-likeness (QED) is 0.470. The van der Waals surface area contributed by atoms with E-state index in [0.717, 1.165) is 5.56 Å². The lowest BCUT2D eigenvalue weighted by Gasteiger charge is -2.25. The fourth-order valence-electron chi connectivity index (χ4n) is 3.24. The Hall–Kier alpha value is -3.30. The molecule has 10 heteroatoms. The summed E-state index contributed by atoms with van der Waals surface area (Å²) < 4.78 is 41.0. The van der Waals surface area contributed by atoms with Crippen LogP contribution in [0.4, 0.5) is 5.69 Å². The van der Waals surface area contributed by atoms with Crippen LogP contribution in [-0.4, -0.2) is 29.8 Å². The number of hydrogen-bond donors (Lipinski definition) is 0. The van der Waals surface area contributed by atoms with Crippen LogP contribution in [0, 0.1) is 0 Å². The lowest BCUT2D eigenvalue weighted by atomic mass is 10.2. The molecule has 0 spiro atoms. The van der Waals surface area contributed by atoms with Gasteiger partial charge >= 0.3 is 0 Å². The first-order valence-electron chi connectivity index (χ1n) is 8.97. The number of rotatable bonds is 5. The summed E-state index contributed by atoms with van der Waals surface area (Å²) in [7, 11) is -3.93. The summed E-state index contributed by atoms with van der Waals surface area (Å²) in [6, 6.07) is 15.2. The van der Waals surface area contributed by atoms with Crippen LogP contribution < -0.4 is 13.8 Å². The van der Waals surface area contributed by atoms with E-state index >= 15 is 0 Å². The van der Waals surface area contributed by atoms with Gasteiger partial charge in [-0.25, -0.2) is 8.42 Å². The first kappa shape index (κ1) is 18.7. The zero-order valence-electron chi connectivity index (χ0n) is 15.5. The van der Waals surface area contributed by atoms with Crippen molar-refractivity contribution in [1.29, 1.82) is 0 Å². The molecule has 3 heterocycles. The Kier molecular flexibility index (Phi) is 4.48. The molecule has 2 aromatic carbocycles. The number of ether oxygens (including phenoxy) is 2. The number of benzene rings is 2. The van der Waals surface area contributed by atoms with E-state index in [4.69, 9.17) is 21.1 Å². The van der Waals surface area contributed by atoms with Crippen LogP contribution in [0.3, 0.4) is 0 Å². The molecule has 0 radical (unpaired) electrons. The predicted molar refractivity (Wildman–Crippen MR) is 110 cm³/mol. The Morgan fingerprint density at radius 2 is 1.93 bits per heavy atom. The molecular weight excluding hydrogens is 428 g/mol. The van der Waals surface area contributed by atoms with Crippen LogP contribution in [-0.2, 0) is 16.6 Å². The molecular formula is C20H15ClN4O4S. The topological polar surface area (TPSA) is 86.0 Å². The van der Waals surface area contributed by atoms with Crippen molar-refractivity contribution in [2.24, 2.45) is 0 Å². The number of aromatic nitrogens is 3. The van der Waals surface area contributed by atoms with Gasteiger partial charge in [0.1, 0.15) is 11.2 Å². The normalized spacial score (nSPS) is 13.0. The van der Waals surface area contributed by atoms with Crippen molar-refractivity contribution in [3.63, 3.8) is 0 Å². The zero-order valence-corrected chi connectivity index (χ0v) is 17.0. The van der Waals surface area contributed by atoms with Crippen LogP contribution in [0.5, 0.6) is 11.5 Å². The molecule has 1 aliphatic heterocycles. The van der Waals surface area contributed by atoms with Gasteiger partial charge in [0.25, 0.3) is 10.0 Å². The highest BCUT2D eigenvalue weighted by atomic mass is 35.5. The standard InChI is InChI=1S/C20H15ClN4O4S/c21-15-3-1-2-14(8-15)10-25(16-4-6-18-19(9-16)29-13-28-18)30(26,27)17-5-7-20-23-22-12-24(20)11-17/h1-9,11-12H,10,13H2. The summed E-state index contributed by atoms with van der Waals surface area (Å²) >= 11 is 6.11. The van der Waals surface area contributed by atoms with Crippen molar-refractivity contribution in [2.45, 2.75) is 11.4 Å². The number of halogens is 1. The van der Waals surface area contributed by atoms with Gasteiger partial charge < -0.3 is 9.47 Å². The maximum Gasteiger partial charge on any atom is 0.266 e. The zero-order chi connectivity index (χ0) is 20.7. The second-order valence-electron chi connectivity index (χ2n) is 6.64. The number of hydrogen-bond acceptors (Lipinski definition) is 6. The molecule has 4 aromatic rings. The number of nitrogens with zero attached hydrogens (tertiary/aromatic N) is 4. The van der Waals surface area contributed by atoms with Gasteiger partial charge in [-0.2, -0.15) is 0 Å². The molecule has 0 saturated heterocycles. The molecule has 0 aliphatic carbocycles. The molecule has 0 unspecified atom stereocenters. The minimum absolute atomic E-state index is 0.0861. The van der Waals surface area contributed by atoms with Crippen LogP contribution >= 0.6 is 11.6 Å². The van der Waals surface area contributed by atoms with E-state index < -0.39 is 10.0 Å². The molecule has 0 bridgehead atoms. The van der Waals surface area contributed by atoms with Gasteiger partial charge in [-0.05, 0) is 42.0 Å². The minimum Gasteiger partial charge on any atom is -0.454 e. The maximum atomic E-state index is 13.7. The molecule has 0 saturated carbocycles. The first-order valence-corrected chi connectivity index (χ1v) is 10.8. The van der Waals surface area contributed by atoms with Crippen LogP contribution in [0.25, 0.3) is 5.65 Å². The molecule has 5 rings (SSSR count). The highest BCUT2D eigenvalue weighted by Crippen LogP contribution is 2.37. The lowest BCUT2D eigenvalue weighted by molar-refractivity contribution is 0.174. The van der Waals surface area contributed by atoms with Gasteiger partial charge in [-0.3, -0.25) is 8.71 Å². The van der Waals surface area contributed by atoms with Gasteiger partial charge in [0.2, 0.25) is 6.79 Å². The minimum atomic E-state index is -3.93. The fourth-order valence-corrected chi connectivity index (χ4v) is 4.91. The average molecular weight is 443 g/mol. The van der Waals surface area contributed by atoms with Crippen molar-refractivity contribution >= 4 is 33.0 Å². The average Bonchev–Trinajstić information content (AvgIpc) is 3.40. The third-order valence-corrected chi connectivity index (χ3v) is 6.70. The molecule has 1 aliphatic rings. The summed E-state index contributed by atoms with van der Waals surface area (Å²) in [5.74, 6) is 1.07. The molecule has 0 fully saturated rings. The summed E-state index contributed by atoms with van der Waals surface area (Å²) in [4.78, 5) is 0.106. The number of fused-ring (bicyclic) bond motifs is 2. The highest BCUT2D eigenvalue weighted by Gasteiger charge is 2.28. The van der Waals surface area contributed by atoms with Crippen LogP contribution in [0.2, 0.25) is 5.02 Å². The summed E-state index contributed by atoms with van der Waals surface area (Å²) in [6.45, 7) is 0.187. The Morgan fingerprint density at radius 3 is 2.80 bits per heavy atom. The van der Waals surface area contributed by atoms with Crippen molar-refractivity contribution in [1.82, 2.24) is 14.6 Å². The molecule has 152 valence electrons. The molecule has 2 aromatic heterocycles. The van der Waals surface area contributed by atoms with Crippen molar-refractivity contribution in [2.75, 3.05) is 11.1 Å². The predicted octanol–water partition coefficient (Wildman–Crippen LogP) is 3.51. The Morgan fingerprint density at radius 1 is 1.07 bits per heavy atom. The van der Waals surface area contributed by atoms with Gasteiger partial charge in [-0.15, -0.1) is 10.2 Å². The van der Waals surface area contributed by atoms with E-state index in [1.165, 1.54) is 22.9 Å². The van der Waals surface area contributed by atoms with Gasteiger partial charge in [0, 0.05) is 17.3 Å². The van der Waals surface area contributed by atoms with Crippen molar-refractivity contribution in [3.8, 4) is 11.5 Å². The Balaban J connectivity index is 1.62. The molecule has 0 N–H and O–H groups in total. The maximum absolute atomic E-state index is 13.7. The molecule has 0 amide bonds. The smallest absolute Gasteiger partial charge is 0.266 e. The van der Waals surface area contributed by atoms with Gasteiger partial charge in [0.05, 0.1) is 12.2 Å². The number of anilines is 1. The number of sulfonamides is 1. The van der Waals surface area contributed by atoms with E-state index in [0.29, 0.717) is 27.9 Å². The highest BCUT2D eigenvalue weighted by molar-refractivity contribution is 7.92. The van der Waals surface area contributed by atoms with Crippen LogP contribution in [0.1, 0.15) is 5.56 Å². The third kappa shape index (κ3) is 3.31. The van der Waals surface area contributed by atoms with Crippen LogP contribution in [0.15, 0.2) is 72.0 Å². The molecule has 8 nitrogen and oxygen atoms in total. The second kappa shape index (κ2) is 7.19. The van der Waals surface area contributed by atoms with E-state index in [1.807, 2.05) is 6.07 Å². The molecule has 30 heavy (non-hydrogen) atoms. The monoisotopic (exact) mass is 442 g/mol. The third-order valence-electron chi connectivity index (χ3n) is 4.71. The largest absolute Gasteiger partial charge is 0.454 e. The second-order valence-corrected chi connectivity index (χ2v) is 8.94. The SMILES string of the molecule is O=S(=O)(c1ccc2nncn2c1)N(Cc1cccc(Cl)c1)c1ccc2c(c1)OCO2. The van der Waals surface area contributed by atoms with Crippen molar-refractivity contribution < 1.29 is 17.9 Å². The lowest BCUT2D eigenvalue weighted by Crippen LogP contribution is -2.30. The Bertz CT molecular complexity index is 1360. The van der Waals surface area contributed by atoms with E-state index in [9.17, 15) is 8.42 Å². The fraction of sp³-hybridized carbons (Fsp3) is 0.100. The Labute approximate surface area is 177 Å².